The van der Waals surface area contributed by atoms with Crippen molar-refractivity contribution < 1.29 is 19.5 Å². The van der Waals surface area contributed by atoms with Crippen LogP contribution >= 0.6 is 11.3 Å². The van der Waals surface area contributed by atoms with E-state index in [4.69, 9.17) is 5.11 Å². The van der Waals surface area contributed by atoms with Crippen molar-refractivity contribution in [3.8, 4) is 0 Å². The van der Waals surface area contributed by atoms with Gasteiger partial charge in [-0.1, -0.05) is 27.7 Å². The number of aromatic nitrogens is 1. The number of aliphatic carboxylic acids is 1. The Balaban J connectivity index is 2.69. The van der Waals surface area contributed by atoms with Gasteiger partial charge in [-0.25, -0.2) is 4.98 Å². The van der Waals surface area contributed by atoms with E-state index in [1.165, 1.54) is 16.2 Å². The number of hydrogen-bond donors (Lipinski definition) is 2. The van der Waals surface area contributed by atoms with Crippen molar-refractivity contribution in [3.05, 3.63) is 11.1 Å². The van der Waals surface area contributed by atoms with Crippen LogP contribution in [0.3, 0.4) is 0 Å². The van der Waals surface area contributed by atoms with Crippen molar-refractivity contribution in [2.75, 3.05) is 18.4 Å². The van der Waals surface area contributed by atoms with E-state index in [-0.39, 0.29) is 24.8 Å². The first-order valence-electron chi connectivity index (χ1n) is 7.39. The molecule has 0 aliphatic rings. The molecule has 0 saturated heterocycles. The first-order valence-corrected chi connectivity index (χ1v) is 8.27. The van der Waals surface area contributed by atoms with Gasteiger partial charge in [0.05, 0.1) is 12.1 Å². The maximum Gasteiger partial charge on any atom is 0.323 e. The van der Waals surface area contributed by atoms with E-state index in [2.05, 4.69) is 10.3 Å². The van der Waals surface area contributed by atoms with Gasteiger partial charge in [0.2, 0.25) is 11.8 Å². The number of carbonyl (C=O) groups is 3. The summed E-state index contributed by atoms with van der Waals surface area (Å²) in [5.74, 6) is -1.47. The number of anilines is 1. The van der Waals surface area contributed by atoms with Crippen molar-refractivity contribution in [3.63, 3.8) is 0 Å². The van der Waals surface area contributed by atoms with Gasteiger partial charge in [-0.05, 0) is 6.42 Å². The number of carboxylic acids is 1. The highest BCUT2D eigenvalue weighted by atomic mass is 32.1. The zero-order valence-corrected chi connectivity index (χ0v) is 14.7. The summed E-state index contributed by atoms with van der Waals surface area (Å²) >= 11 is 1.24. The van der Waals surface area contributed by atoms with Crippen molar-refractivity contribution >= 4 is 34.3 Å². The fourth-order valence-corrected chi connectivity index (χ4v) is 2.43. The first kappa shape index (κ1) is 19.1. The third-order valence-corrected chi connectivity index (χ3v) is 3.76. The molecule has 7 nitrogen and oxygen atoms in total. The van der Waals surface area contributed by atoms with E-state index in [9.17, 15) is 14.4 Å². The summed E-state index contributed by atoms with van der Waals surface area (Å²) in [5, 5.41) is 13.7. The summed E-state index contributed by atoms with van der Waals surface area (Å²) in [5.41, 5.74) is -0.00292. The molecule has 0 aromatic carbocycles. The maximum atomic E-state index is 12.2. The molecule has 128 valence electrons. The van der Waals surface area contributed by atoms with Crippen LogP contribution in [0.25, 0.3) is 0 Å². The smallest absolute Gasteiger partial charge is 0.323 e. The first-order chi connectivity index (χ1) is 10.6. The van der Waals surface area contributed by atoms with Gasteiger partial charge >= 0.3 is 5.97 Å². The zero-order chi connectivity index (χ0) is 17.6. The summed E-state index contributed by atoms with van der Waals surface area (Å²) in [6.45, 7) is 7.36. The molecule has 8 heteroatoms. The monoisotopic (exact) mass is 341 g/mol. The fraction of sp³-hybridized carbons (Fsp3) is 0.600. The quantitative estimate of drug-likeness (QED) is 0.790. The van der Waals surface area contributed by atoms with E-state index >= 15 is 0 Å². The Hall–Kier alpha value is -1.96. The van der Waals surface area contributed by atoms with Gasteiger partial charge in [0, 0.05) is 17.3 Å². The molecule has 2 amide bonds. The Morgan fingerprint density at radius 2 is 2.00 bits per heavy atom. The van der Waals surface area contributed by atoms with Crippen LogP contribution in [0.2, 0.25) is 0 Å². The van der Waals surface area contributed by atoms with Crippen LogP contribution in [0, 0.1) is 5.41 Å². The minimum atomic E-state index is -1.04. The fourth-order valence-electron chi connectivity index (χ4n) is 1.72. The summed E-state index contributed by atoms with van der Waals surface area (Å²) in [6.07, 6.45) is 0.706. The SMILES string of the molecule is CCCN(CC(=O)O)C(=O)Cc1csc(NC(=O)C(C)(C)C)n1. The van der Waals surface area contributed by atoms with Crippen molar-refractivity contribution in [2.24, 2.45) is 5.41 Å². The lowest BCUT2D eigenvalue weighted by molar-refractivity contribution is -0.144. The van der Waals surface area contributed by atoms with Gasteiger partial charge < -0.3 is 15.3 Å². The molecule has 0 atom stereocenters. The zero-order valence-electron chi connectivity index (χ0n) is 13.9. The highest BCUT2D eigenvalue weighted by Gasteiger charge is 2.23. The lowest BCUT2D eigenvalue weighted by Crippen LogP contribution is -2.37. The lowest BCUT2D eigenvalue weighted by atomic mass is 9.96. The second-order valence-electron chi connectivity index (χ2n) is 6.23. The summed E-state index contributed by atoms with van der Waals surface area (Å²) in [6, 6.07) is 0. The molecule has 0 saturated carbocycles. The summed E-state index contributed by atoms with van der Waals surface area (Å²) in [7, 11) is 0. The molecule has 2 N–H and O–H groups in total. The average Bonchev–Trinajstić information content (AvgIpc) is 2.83. The molecule has 1 heterocycles. The van der Waals surface area contributed by atoms with Crippen LogP contribution in [0.1, 0.15) is 39.8 Å². The van der Waals surface area contributed by atoms with Gasteiger partial charge in [-0.3, -0.25) is 14.4 Å². The Morgan fingerprint density at radius 3 is 2.52 bits per heavy atom. The molecule has 0 bridgehead atoms. The number of thiazole rings is 1. The Bertz CT molecular complexity index is 578. The molecule has 0 spiro atoms. The number of carbonyl (C=O) groups excluding carboxylic acids is 2. The normalized spacial score (nSPS) is 11.1. The van der Waals surface area contributed by atoms with Crippen molar-refractivity contribution in [1.82, 2.24) is 9.88 Å². The second-order valence-corrected chi connectivity index (χ2v) is 7.09. The van der Waals surface area contributed by atoms with Crippen molar-refractivity contribution in [2.45, 2.75) is 40.5 Å². The molecular weight excluding hydrogens is 318 g/mol. The summed E-state index contributed by atoms with van der Waals surface area (Å²) < 4.78 is 0. The second kappa shape index (κ2) is 8.05. The van der Waals surface area contributed by atoms with E-state index in [0.29, 0.717) is 23.8 Å². The van der Waals surface area contributed by atoms with Crippen LogP contribution < -0.4 is 5.32 Å². The van der Waals surface area contributed by atoms with Crippen LogP contribution in [0.5, 0.6) is 0 Å². The Morgan fingerprint density at radius 1 is 1.35 bits per heavy atom. The molecule has 1 rings (SSSR count). The molecule has 0 aliphatic carbocycles. The Labute approximate surface area is 139 Å². The number of nitrogens with zero attached hydrogens (tertiary/aromatic N) is 2. The molecule has 0 radical (unpaired) electrons. The predicted molar refractivity (Wildman–Crippen MR) is 88.4 cm³/mol. The van der Waals surface area contributed by atoms with Crippen LogP contribution in [-0.2, 0) is 20.8 Å². The Kier molecular flexibility index (Phi) is 6.68. The molecular formula is C15H23N3O4S. The largest absolute Gasteiger partial charge is 0.480 e. The van der Waals surface area contributed by atoms with Gasteiger partial charge in [0.1, 0.15) is 6.54 Å². The van der Waals surface area contributed by atoms with E-state index in [0.717, 1.165) is 0 Å². The third-order valence-electron chi connectivity index (χ3n) is 2.96. The topological polar surface area (TPSA) is 99.6 Å². The minimum absolute atomic E-state index is 0.0230. The van der Waals surface area contributed by atoms with Crippen LogP contribution in [-0.4, -0.2) is 45.9 Å². The number of rotatable bonds is 7. The van der Waals surface area contributed by atoms with Crippen molar-refractivity contribution in [1.29, 1.82) is 0 Å². The van der Waals surface area contributed by atoms with Gasteiger partial charge in [0.15, 0.2) is 5.13 Å². The number of hydrogen-bond acceptors (Lipinski definition) is 5. The highest BCUT2D eigenvalue weighted by molar-refractivity contribution is 7.13. The molecule has 0 unspecified atom stereocenters. The molecule has 1 aromatic rings. The summed E-state index contributed by atoms with van der Waals surface area (Å²) in [4.78, 5) is 40.4. The van der Waals surface area contributed by atoms with E-state index in [1.807, 2.05) is 6.92 Å². The van der Waals surface area contributed by atoms with Gasteiger partial charge in [-0.2, -0.15) is 0 Å². The standard InChI is InChI=1S/C15H23N3O4S/c1-5-6-18(8-12(20)21)11(19)7-10-9-23-14(16-10)17-13(22)15(2,3)4/h9H,5-8H2,1-4H3,(H,20,21)(H,16,17,22). The predicted octanol–water partition coefficient (Wildman–Crippen LogP) is 1.99. The number of carboxylic acid groups (broad SMARTS) is 1. The highest BCUT2D eigenvalue weighted by Crippen LogP contribution is 2.21. The van der Waals surface area contributed by atoms with E-state index < -0.39 is 11.4 Å². The number of amides is 2. The number of nitrogens with one attached hydrogen (secondary N) is 1. The minimum Gasteiger partial charge on any atom is -0.480 e. The molecule has 0 aliphatic heterocycles. The average molecular weight is 341 g/mol. The third kappa shape index (κ3) is 6.35. The van der Waals surface area contributed by atoms with Crippen LogP contribution in [0.15, 0.2) is 5.38 Å². The van der Waals surface area contributed by atoms with Gasteiger partial charge in [-0.15, -0.1) is 11.3 Å². The maximum absolute atomic E-state index is 12.2. The molecule has 0 fully saturated rings. The van der Waals surface area contributed by atoms with Gasteiger partial charge in [0.25, 0.3) is 0 Å². The molecule has 23 heavy (non-hydrogen) atoms. The van der Waals surface area contributed by atoms with Crippen LogP contribution in [0.4, 0.5) is 5.13 Å². The molecule has 1 aromatic heterocycles. The van der Waals surface area contributed by atoms with E-state index in [1.54, 1.807) is 26.2 Å². The lowest BCUT2D eigenvalue weighted by Gasteiger charge is -2.19.